The monoisotopic (exact) mass is 293 g/mol. The van der Waals surface area contributed by atoms with Gasteiger partial charge in [0, 0.05) is 13.7 Å². The molecule has 114 valence electrons. The molecule has 2 atom stereocenters. The molecule has 1 amide bonds. The molecule has 1 heterocycles. The molecule has 2 N–H and O–H groups in total. The van der Waals surface area contributed by atoms with Crippen LogP contribution in [-0.4, -0.2) is 36.6 Å². The largest absolute Gasteiger partial charge is 0.383 e. The first kappa shape index (κ1) is 15.2. The highest BCUT2D eigenvalue weighted by atomic mass is 16.6. The SMILES string of the molecule is CNc1cccc(C(=O)NC(C)C2CCCO2)c1[N+](=O)[O-]. The van der Waals surface area contributed by atoms with E-state index in [1.54, 1.807) is 19.2 Å². The number of nitro benzene ring substituents is 1. The molecule has 1 aromatic carbocycles. The summed E-state index contributed by atoms with van der Waals surface area (Å²) >= 11 is 0. The van der Waals surface area contributed by atoms with E-state index in [4.69, 9.17) is 4.74 Å². The molecule has 1 aliphatic rings. The van der Waals surface area contributed by atoms with Crippen LogP contribution in [0.15, 0.2) is 18.2 Å². The molecule has 0 bridgehead atoms. The average molecular weight is 293 g/mol. The second-order valence-corrected chi connectivity index (χ2v) is 5.02. The summed E-state index contributed by atoms with van der Waals surface area (Å²) in [5.41, 5.74) is 0.158. The summed E-state index contributed by atoms with van der Waals surface area (Å²) in [5, 5.41) is 16.7. The van der Waals surface area contributed by atoms with Crippen molar-refractivity contribution in [2.24, 2.45) is 0 Å². The molecule has 0 aromatic heterocycles. The highest BCUT2D eigenvalue weighted by molar-refractivity contribution is 6.00. The molecule has 1 aromatic rings. The highest BCUT2D eigenvalue weighted by Crippen LogP contribution is 2.28. The first-order valence-electron chi connectivity index (χ1n) is 6.92. The second kappa shape index (κ2) is 6.53. The molecule has 0 radical (unpaired) electrons. The third-order valence-electron chi connectivity index (χ3n) is 3.61. The van der Waals surface area contributed by atoms with E-state index in [1.165, 1.54) is 6.07 Å². The molecule has 0 spiro atoms. The molecule has 0 aliphatic carbocycles. The number of nitrogens with zero attached hydrogens (tertiary/aromatic N) is 1. The van der Waals surface area contributed by atoms with Gasteiger partial charge < -0.3 is 15.4 Å². The highest BCUT2D eigenvalue weighted by Gasteiger charge is 2.28. The Labute approximate surface area is 122 Å². The van der Waals surface area contributed by atoms with Gasteiger partial charge in [0.2, 0.25) is 0 Å². The Balaban J connectivity index is 2.20. The van der Waals surface area contributed by atoms with Crippen molar-refractivity contribution in [1.29, 1.82) is 0 Å². The van der Waals surface area contributed by atoms with Crippen LogP contribution >= 0.6 is 0 Å². The van der Waals surface area contributed by atoms with Gasteiger partial charge in [-0.25, -0.2) is 0 Å². The lowest BCUT2D eigenvalue weighted by molar-refractivity contribution is -0.384. The molecule has 2 rings (SSSR count). The number of amides is 1. The van der Waals surface area contributed by atoms with E-state index in [2.05, 4.69) is 10.6 Å². The maximum Gasteiger partial charge on any atom is 0.305 e. The molecule has 7 heteroatoms. The van der Waals surface area contributed by atoms with Crippen molar-refractivity contribution in [3.8, 4) is 0 Å². The van der Waals surface area contributed by atoms with Gasteiger partial charge in [0.25, 0.3) is 5.91 Å². The Morgan fingerprint density at radius 1 is 1.52 bits per heavy atom. The number of nitrogens with one attached hydrogen (secondary N) is 2. The van der Waals surface area contributed by atoms with E-state index < -0.39 is 10.8 Å². The van der Waals surface area contributed by atoms with Gasteiger partial charge in [-0.05, 0) is 31.9 Å². The number of hydrogen-bond donors (Lipinski definition) is 2. The predicted molar refractivity (Wildman–Crippen MR) is 78.5 cm³/mol. The Kier molecular flexibility index (Phi) is 4.74. The zero-order valence-corrected chi connectivity index (χ0v) is 12.1. The van der Waals surface area contributed by atoms with Crippen LogP contribution < -0.4 is 10.6 Å². The minimum absolute atomic E-state index is 0.0273. The fraction of sp³-hybridized carbons (Fsp3) is 0.500. The second-order valence-electron chi connectivity index (χ2n) is 5.02. The lowest BCUT2D eigenvalue weighted by Gasteiger charge is -2.20. The summed E-state index contributed by atoms with van der Waals surface area (Å²) in [6.07, 6.45) is 1.83. The molecule has 7 nitrogen and oxygen atoms in total. The first-order valence-corrected chi connectivity index (χ1v) is 6.92. The van der Waals surface area contributed by atoms with Crippen molar-refractivity contribution in [2.45, 2.75) is 31.9 Å². The number of anilines is 1. The van der Waals surface area contributed by atoms with E-state index >= 15 is 0 Å². The number of hydrogen-bond acceptors (Lipinski definition) is 5. The fourth-order valence-corrected chi connectivity index (χ4v) is 2.50. The predicted octanol–water partition coefficient (Wildman–Crippen LogP) is 1.93. The molecule has 21 heavy (non-hydrogen) atoms. The molecule has 2 unspecified atom stereocenters. The van der Waals surface area contributed by atoms with Crippen molar-refractivity contribution in [3.63, 3.8) is 0 Å². The van der Waals surface area contributed by atoms with Gasteiger partial charge in [-0.3, -0.25) is 14.9 Å². The Morgan fingerprint density at radius 2 is 2.29 bits per heavy atom. The first-order chi connectivity index (χ1) is 10.0. The molecule has 1 aliphatic heterocycles. The van der Waals surface area contributed by atoms with Gasteiger partial charge in [0.1, 0.15) is 11.3 Å². The topological polar surface area (TPSA) is 93.5 Å². The van der Waals surface area contributed by atoms with Gasteiger partial charge >= 0.3 is 5.69 Å². The zero-order chi connectivity index (χ0) is 15.4. The van der Waals surface area contributed by atoms with Gasteiger partial charge in [0.15, 0.2) is 0 Å². The molecular formula is C14H19N3O4. The van der Waals surface area contributed by atoms with Gasteiger partial charge in [-0.15, -0.1) is 0 Å². The summed E-state index contributed by atoms with van der Waals surface area (Å²) in [4.78, 5) is 23.0. The van der Waals surface area contributed by atoms with E-state index in [9.17, 15) is 14.9 Å². The normalized spacial score (nSPS) is 19.0. The Bertz CT molecular complexity index is 541. The lowest BCUT2D eigenvalue weighted by atomic mass is 10.1. The van der Waals surface area contributed by atoms with Crippen molar-refractivity contribution < 1.29 is 14.5 Å². The summed E-state index contributed by atoms with van der Waals surface area (Å²) < 4.78 is 5.51. The maximum atomic E-state index is 12.3. The van der Waals surface area contributed by atoms with E-state index in [-0.39, 0.29) is 23.4 Å². The molecule has 1 fully saturated rings. The summed E-state index contributed by atoms with van der Waals surface area (Å²) in [6, 6.07) is 4.46. The van der Waals surface area contributed by atoms with Crippen LogP contribution in [0.1, 0.15) is 30.1 Å². The average Bonchev–Trinajstić information content (AvgIpc) is 3.00. The number of ether oxygens (including phenoxy) is 1. The number of para-hydroxylation sites is 1. The van der Waals surface area contributed by atoms with Crippen molar-refractivity contribution in [1.82, 2.24) is 5.32 Å². The number of carbonyl (C=O) groups excluding carboxylic acids is 1. The van der Waals surface area contributed by atoms with Crippen LogP contribution in [-0.2, 0) is 4.74 Å². The standard InChI is InChI=1S/C14H19N3O4/c1-9(12-7-4-8-21-12)16-14(18)10-5-3-6-11(15-2)13(10)17(19)20/h3,5-6,9,12,15H,4,7-8H2,1-2H3,(H,16,18). The zero-order valence-electron chi connectivity index (χ0n) is 12.1. The van der Waals surface area contributed by atoms with Crippen LogP contribution in [0.3, 0.4) is 0 Å². The Morgan fingerprint density at radius 3 is 2.86 bits per heavy atom. The molecule has 0 saturated carbocycles. The molecule has 1 saturated heterocycles. The van der Waals surface area contributed by atoms with Gasteiger partial charge in [0.05, 0.1) is 17.1 Å². The summed E-state index contributed by atoms with van der Waals surface area (Å²) in [6.45, 7) is 2.54. The number of benzene rings is 1. The van der Waals surface area contributed by atoms with Gasteiger partial charge in [-0.2, -0.15) is 0 Å². The van der Waals surface area contributed by atoms with Crippen LogP contribution in [0.4, 0.5) is 11.4 Å². The van der Waals surface area contributed by atoms with Crippen LogP contribution in [0, 0.1) is 10.1 Å². The number of carbonyl (C=O) groups is 1. The van der Waals surface area contributed by atoms with E-state index in [1.807, 2.05) is 6.92 Å². The third-order valence-corrected chi connectivity index (χ3v) is 3.61. The smallest absolute Gasteiger partial charge is 0.305 e. The number of rotatable bonds is 5. The van der Waals surface area contributed by atoms with Gasteiger partial charge in [-0.1, -0.05) is 6.07 Å². The number of nitro groups is 1. The Hall–Kier alpha value is -2.15. The third kappa shape index (κ3) is 3.30. The lowest BCUT2D eigenvalue weighted by Crippen LogP contribution is -2.41. The fourth-order valence-electron chi connectivity index (χ4n) is 2.50. The van der Waals surface area contributed by atoms with Crippen molar-refractivity contribution >= 4 is 17.3 Å². The minimum atomic E-state index is -0.544. The molecular weight excluding hydrogens is 274 g/mol. The summed E-state index contributed by atoms with van der Waals surface area (Å²) in [5.74, 6) is -0.457. The van der Waals surface area contributed by atoms with Crippen molar-refractivity contribution in [3.05, 3.63) is 33.9 Å². The van der Waals surface area contributed by atoms with Crippen molar-refractivity contribution in [2.75, 3.05) is 19.0 Å². The summed E-state index contributed by atoms with van der Waals surface area (Å²) in [7, 11) is 1.58. The minimum Gasteiger partial charge on any atom is -0.383 e. The van der Waals surface area contributed by atoms with Crippen LogP contribution in [0.2, 0.25) is 0 Å². The van der Waals surface area contributed by atoms with E-state index in [0.717, 1.165) is 12.8 Å². The maximum absolute atomic E-state index is 12.3. The quantitative estimate of drug-likeness (QED) is 0.639. The van der Waals surface area contributed by atoms with Crippen LogP contribution in [0.25, 0.3) is 0 Å². The van der Waals surface area contributed by atoms with Crippen LogP contribution in [0.5, 0.6) is 0 Å². The van der Waals surface area contributed by atoms with E-state index in [0.29, 0.717) is 12.3 Å².